The number of nitrogens with zero attached hydrogens (tertiary/aromatic N) is 2. The number of nitrogens with one attached hydrogen (secondary N) is 1. The van der Waals surface area contributed by atoms with E-state index in [1.54, 1.807) is 17.5 Å². The minimum absolute atomic E-state index is 0.0180. The van der Waals surface area contributed by atoms with Gasteiger partial charge in [-0.15, -0.1) is 11.3 Å². The maximum atomic E-state index is 10.9. The van der Waals surface area contributed by atoms with Crippen LogP contribution in [0, 0.1) is 10.1 Å². The number of halogens is 1. The zero-order valence-electron chi connectivity index (χ0n) is 9.30. The zero-order chi connectivity index (χ0) is 13.0. The fraction of sp³-hybridized carbons (Fsp3) is 0.182. The molecule has 7 heteroatoms. The largest absolute Gasteiger partial charge is 0.364 e. The third-order valence-corrected chi connectivity index (χ3v) is 3.64. The first-order chi connectivity index (χ1) is 8.66. The van der Waals surface area contributed by atoms with E-state index in [2.05, 4.69) is 26.2 Å². The second-order valence-corrected chi connectivity index (χ2v) is 5.48. The van der Waals surface area contributed by atoms with Crippen molar-refractivity contribution in [2.24, 2.45) is 0 Å². The van der Waals surface area contributed by atoms with Crippen LogP contribution in [-0.2, 0) is 6.42 Å². The second-order valence-electron chi connectivity index (χ2n) is 3.53. The molecule has 1 N–H and O–H groups in total. The number of rotatable bonds is 5. The van der Waals surface area contributed by atoms with Gasteiger partial charge in [0.2, 0.25) is 5.82 Å². The minimum atomic E-state index is -0.439. The molecule has 2 heterocycles. The molecule has 94 valence electrons. The molecule has 0 atom stereocenters. The minimum Gasteiger partial charge on any atom is -0.364 e. The van der Waals surface area contributed by atoms with Gasteiger partial charge in [-0.1, -0.05) is 6.07 Å². The van der Waals surface area contributed by atoms with Gasteiger partial charge in [-0.3, -0.25) is 10.1 Å². The normalized spacial score (nSPS) is 10.3. The van der Waals surface area contributed by atoms with Crippen LogP contribution in [0.1, 0.15) is 4.88 Å². The molecule has 0 amide bonds. The Morgan fingerprint density at radius 1 is 1.56 bits per heavy atom. The van der Waals surface area contributed by atoms with Gasteiger partial charge in [0.05, 0.1) is 4.92 Å². The van der Waals surface area contributed by atoms with Crippen molar-refractivity contribution < 1.29 is 4.92 Å². The average molecular weight is 328 g/mol. The average Bonchev–Trinajstić information content (AvgIpc) is 2.84. The molecule has 0 unspecified atom stereocenters. The van der Waals surface area contributed by atoms with E-state index >= 15 is 0 Å². The highest BCUT2D eigenvalue weighted by Gasteiger charge is 2.15. The highest BCUT2D eigenvalue weighted by Crippen LogP contribution is 2.25. The van der Waals surface area contributed by atoms with E-state index in [1.165, 1.54) is 10.9 Å². The molecule has 0 aliphatic rings. The molecule has 18 heavy (non-hydrogen) atoms. The van der Waals surface area contributed by atoms with Gasteiger partial charge in [-0.2, -0.15) is 0 Å². The first-order valence-corrected chi connectivity index (χ1v) is 6.90. The van der Waals surface area contributed by atoms with Gasteiger partial charge < -0.3 is 5.32 Å². The number of anilines is 1. The maximum Gasteiger partial charge on any atom is 0.312 e. The van der Waals surface area contributed by atoms with Gasteiger partial charge in [0.15, 0.2) is 0 Å². The smallest absolute Gasteiger partial charge is 0.312 e. The molecular formula is C11H10BrN3O2S. The van der Waals surface area contributed by atoms with Gasteiger partial charge in [0.1, 0.15) is 0 Å². The van der Waals surface area contributed by atoms with Crippen molar-refractivity contribution in [2.75, 3.05) is 11.9 Å². The maximum absolute atomic E-state index is 10.9. The second kappa shape index (κ2) is 5.92. The summed E-state index contributed by atoms with van der Waals surface area (Å²) in [5, 5.41) is 15.9. The lowest BCUT2D eigenvalue weighted by Gasteiger charge is -2.05. The molecule has 2 aromatic heterocycles. The Balaban J connectivity index is 2.02. The topological polar surface area (TPSA) is 68.1 Å². The summed E-state index contributed by atoms with van der Waals surface area (Å²) in [7, 11) is 0. The molecule has 0 aliphatic heterocycles. The standard InChI is InChI=1S/C11H10BrN3O2S/c12-8-6-10(15(16)17)11(14-7-8)13-4-3-9-2-1-5-18-9/h1-2,5-7H,3-4H2,(H,13,14). The molecule has 2 aromatic rings. The van der Waals surface area contributed by atoms with Crippen molar-refractivity contribution in [3.05, 3.63) is 49.2 Å². The monoisotopic (exact) mass is 327 g/mol. The molecular weight excluding hydrogens is 318 g/mol. The van der Waals surface area contributed by atoms with Crippen LogP contribution < -0.4 is 5.32 Å². The molecule has 0 fully saturated rings. The first kappa shape index (κ1) is 13.0. The molecule has 0 saturated heterocycles. The predicted octanol–water partition coefficient (Wildman–Crippen LogP) is 3.47. The highest BCUT2D eigenvalue weighted by molar-refractivity contribution is 9.10. The third-order valence-electron chi connectivity index (χ3n) is 2.27. The van der Waals surface area contributed by atoms with Crippen LogP contribution in [0.15, 0.2) is 34.2 Å². The number of hydrogen-bond donors (Lipinski definition) is 1. The van der Waals surface area contributed by atoms with Crippen LogP contribution in [-0.4, -0.2) is 16.5 Å². The Labute approximate surface area is 116 Å². The summed E-state index contributed by atoms with van der Waals surface area (Å²) in [6, 6.07) is 5.47. The van der Waals surface area contributed by atoms with Gasteiger partial charge in [0.25, 0.3) is 0 Å². The molecule has 2 rings (SSSR count). The Kier molecular flexibility index (Phi) is 4.27. The van der Waals surface area contributed by atoms with E-state index in [-0.39, 0.29) is 5.69 Å². The quantitative estimate of drug-likeness (QED) is 0.674. The van der Waals surface area contributed by atoms with E-state index in [4.69, 9.17) is 0 Å². The number of aromatic nitrogens is 1. The predicted molar refractivity (Wildman–Crippen MR) is 75.1 cm³/mol. The molecule has 0 bridgehead atoms. The Morgan fingerprint density at radius 2 is 2.39 bits per heavy atom. The summed E-state index contributed by atoms with van der Waals surface area (Å²) < 4.78 is 0.595. The van der Waals surface area contributed by atoms with Crippen LogP contribution in [0.25, 0.3) is 0 Å². The summed E-state index contributed by atoms with van der Waals surface area (Å²) in [5.41, 5.74) is -0.0180. The SMILES string of the molecule is O=[N+]([O-])c1cc(Br)cnc1NCCc1cccs1. The van der Waals surface area contributed by atoms with E-state index in [1.807, 2.05) is 17.5 Å². The summed E-state index contributed by atoms with van der Waals surface area (Å²) in [4.78, 5) is 15.7. The van der Waals surface area contributed by atoms with Crippen LogP contribution in [0.4, 0.5) is 11.5 Å². The Hall–Kier alpha value is -1.47. The lowest BCUT2D eigenvalue weighted by Crippen LogP contribution is -2.07. The first-order valence-electron chi connectivity index (χ1n) is 5.23. The fourth-order valence-corrected chi connectivity index (χ4v) is 2.49. The van der Waals surface area contributed by atoms with Crippen molar-refractivity contribution in [1.82, 2.24) is 4.98 Å². The van der Waals surface area contributed by atoms with Crippen LogP contribution in [0.5, 0.6) is 0 Å². The van der Waals surface area contributed by atoms with Crippen molar-refractivity contribution in [3.63, 3.8) is 0 Å². The lowest BCUT2D eigenvalue weighted by atomic mass is 10.3. The van der Waals surface area contributed by atoms with E-state index < -0.39 is 4.92 Å². The Morgan fingerprint density at radius 3 is 3.06 bits per heavy atom. The fourth-order valence-electron chi connectivity index (χ4n) is 1.46. The lowest BCUT2D eigenvalue weighted by molar-refractivity contribution is -0.384. The summed E-state index contributed by atoms with van der Waals surface area (Å²) in [6.07, 6.45) is 2.37. The molecule has 0 aliphatic carbocycles. The number of nitro groups is 1. The van der Waals surface area contributed by atoms with Gasteiger partial charge in [0, 0.05) is 28.2 Å². The third kappa shape index (κ3) is 3.27. The van der Waals surface area contributed by atoms with Gasteiger partial charge in [-0.25, -0.2) is 4.98 Å². The molecule has 0 spiro atoms. The van der Waals surface area contributed by atoms with Crippen molar-refractivity contribution >= 4 is 38.8 Å². The zero-order valence-corrected chi connectivity index (χ0v) is 11.7. The molecule has 0 aromatic carbocycles. The van der Waals surface area contributed by atoms with Crippen molar-refractivity contribution in [2.45, 2.75) is 6.42 Å². The van der Waals surface area contributed by atoms with Crippen molar-refractivity contribution in [1.29, 1.82) is 0 Å². The molecule has 0 radical (unpaired) electrons. The van der Waals surface area contributed by atoms with Gasteiger partial charge >= 0.3 is 5.69 Å². The molecule has 5 nitrogen and oxygen atoms in total. The Bertz CT molecular complexity index is 545. The van der Waals surface area contributed by atoms with E-state index in [0.717, 1.165) is 6.42 Å². The number of thiophene rings is 1. The van der Waals surface area contributed by atoms with Gasteiger partial charge in [-0.05, 0) is 33.8 Å². The van der Waals surface area contributed by atoms with Crippen LogP contribution >= 0.6 is 27.3 Å². The summed E-state index contributed by atoms with van der Waals surface area (Å²) >= 11 is 4.84. The van der Waals surface area contributed by atoms with Crippen LogP contribution in [0.2, 0.25) is 0 Å². The van der Waals surface area contributed by atoms with Crippen LogP contribution in [0.3, 0.4) is 0 Å². The summed E-state index contributed by atoms with van der Waals surface area (Å²) in [5.74, 6) is 0.305. The number of pyridine rings is 1. The van der Waals surface area contributed by atoms with E-state index in [0.29, 0.717) is 16.8 Å². The van der Waals surface area contributed by atoms with Crippen molar-refractivity contribution in [3.8, 4) is 0 Å². The van der Waals surface area contributed by atoms with E-state index in [9.17, 15) is 10.1 Å². The number of hydrogen-bond acceptors (Lipinski definition) is 5. The molecule has 0 saturated carbocycles. The highest BCUT2D eigenvalue weighted by atomic mass is 79.9. The summed E-state index contributed by atoms with van der Waals surface area (Å²) in [6.45, 7) is 0.621.